The van der Waals surface area contributed by atoms with Gasteiger partial charge in [0.25, 0.3) is 0 Å². The summed E-state index contributed by atoms with van der Waals surface area (Å²) in [7, 11) is 1.86. The van der Waals surface area contributed by atoms with E-state index in [-0.39, 0.29) is 18.6 Å². The molecular formula is C19H29NO7. The zero-order valence-electron chi connectivity index (χ0n) is 16.3. The van der Waals surface area contributed by atoms with Crippen LogP contribution in [0.1, 0.15) is 33.6 Å². The van der Waals surface area contributed by atoms with E-state index in [1.165, 1.54) is 13.8 Å². The van der Waals surface area contributed by atoms with Crippen LogP contribution >= 0.6 is 0 Å². The lowest BCUT2D eigenvalue weighted by Gasteiger charge is -2.35. The maximum atomic E-state index is 12.8. The number of esters is 2. The Morgan fingerprint density at radius 2 is 2.00 bits per heavy atom. The fourth-order valence-electron chi connectivity index (χ4n) is 3.31. The Hall–Kier alpha value is -1.77. The van der Waals surface area contributed by atoms with E-state index < -0.39 is 47.4 Å². The number of hydrogen-bond acceptors (Lipinski definition) is 8. The van der Waals surface area contributed by atoms with Crippen LogP contribution in [-0.4, -0.2) is 77.4 Å². The molecule has 0 aromatic heterocycles. The van der Waals surface area contributed by atoms with Gasteiger partial charge in [0.1, 0.15) is 6.61 Å². The number of fused-ring (bicyclic) bond motifs is 2. The van der Waals surface area contributed by atoms with Crippen molar-refractivity contribution in [3.8, 4) is 0 Å². The normalized spacial score (nSPS) is 37.1. The van der Waals surface area contributed by atoms with Crippen molar-refractivity contribution in [1.29, 1.82) is 0 Å². The summed E-state index contributed by atoms with van der Waals surface area (Å²) in [6.45, 7) is 5.12. The van der Waals surface area contributed by atoms with Crippen LogP contribution in [0.3, 0.4) is 0 Å². The summed E-state index contributed by atoms with van der Waals surface area (Å²) in [4.78, 5) is 39.8. The molecule has 2 N–H and O–H groups in total. The Kier molecular flexibility index (Phi) is 6.77. The number of carbonyl (C=O) groups excluding carboxylic acids is 3. The molecule has 5 atom stereocenters. The van der Waals surface area contributed by atoms with Gasteiger partial charge in [0.15, 0.2) is 11.7 Å². The Morgan fingerprint density at radius 1 is 1.33 bits per heavy atom. The molecule has 8 heteroatoms. The van der Waals surface area contributed by atoms with Gasteiger partial charge in [-0.05, 0) is 20.4 Å². The molecule has 2 heterocycles. The summed E-state index contributed by atoms with van der Waals surface area (Å²) < 4.78 is 10.7. The Morgan fingerprint density at radius 3 is 2.63 bits per heavy atom. The van der Waals surface area contributed by atoms with Crippen LogP contribution in [0.2, 0.25) is 0 Å². The first kappa shape index (κ1) is 21.5. The predicted octanol–water partition coefficient (Wildman–Crippen LogP) is 0.0602. The molecular weight excluding hydrogens is 354 g/mol. The summed E-state index contributed by atoms with van der Waals surface area (Å²) >= 11 is 0. The summed E-state index contributed by atoms with van der Waals surface area (Å²) in [6.07, 6.45) is -0.135. The minimum atomic E-state index is -2.02. The predicted molar refractivity (Wildman–Crippen MR) is 95.6 cm³/mol. The number of cyclic esters (lactones) is 1. The van der Waals surface area contributed by atoms with Crippen molar-refractivity contribution < 1.29 is 34.1 Å². The van der Waals surface area contributed by atoms with Crippen molar-refractivity contribution in [1.82, 2.24) is 4.90 Å². The first-order valence-electron chi connectivity index (χ1n) is 9.29. The molecule has 5 unspecified atom stereocenters. The van der Waals surface area contributed by atoms with Crippen LogP contribution in [-0.2, 0) is 23.9 Å². The molecule has 27 heavy (non-hydrogen) atoms. The van der Waals surface area contributed by atoms with Gasteiger partial charge in [0.05, 0.1) is 12.0 Å². The second-order valence-corrected chi connectivity index (χ2v) is 7.59. The lowest BCUT2D eigenvalue weighted by molar-refractivity contribution is -0.181. The van der Waals surface area contributed by atoms with Crippen LogP contribution in [0.5, 0.6) is 0 Å². The van der Waals surface area contributed by atoms with Gasteiger partial charge in [0, 0.05) is 31.0 Å². The molecule has 1 fully saturated rings. The number of aliphatic hydroxyl groups excluding tert-OH is 1. The number of rotatable bonds is 1. The van der Waals surface area contributed by atoms with Crippen LogP contribution < -0.4 is 0 Å². The average Bonchev–Trinajstić information content (AvgIpc) is 2.62. The second-order valence-electron chi connectivity index (χ2n) is 7.59. The third-order valence-corrected chi connectivity index (χ3v) is 5.62. The van der Waals surface area contributed by atoms with Crippen molar-refractivity contribution in [2.75, 3.05) is 26.7 Å². The summed E-state index contributed by atoms with van der Waals surface area (Å²) in [5.74, 6) is -4.01. The van der Waals surface area contributed by atoms with Gasteiger partial charge in [-0.15, -0.1) is 0 Å². The topological polar surface area (TPSA) is 113 Å². The summed E-state index contributed by atoms with van der Waals surface area (Å²) in [5, 5.41) is 21.2. The van der Waals surface area contributed by atoms with Gasteiger partial charge in [-0.2, -0.15) is 0 Å². The fourth-order valence-corrected chi connectivity index (χ4v) is 3.31. The number of hydrogen-bond donors (Lipinski definition) is 2. The van der Waals surface area contributed by atoms with E-state index in [1.807, 2.05) is 11.9 Å². The molecule has 0 radical (unpaired) electrons. The van der Waals surface area contributed by atoms with E-state index in [0.717, 1.165) is 0 Å². The van der Waals surface area contributed by atoms with Crippen molar-refractivity contribution >= 4 is 17.7 Å². The number of Topliss-reactive ketones (excluding diaryl/α,β-unsaturated/α-hetero) is 1. The maximum absolute atomic E-state index is 12.8. The first-order valence-corrected chi connectivity index (χ1v) is 9.29. The molecule has 152 valence electrons. The highest BCUT2D eigenvalue weighted by Crippen LogP contribution is 2.30. The zero-order valence-corrected chi connectivity index (χ0v) is 16.3. The average molecular weight is 383 g/mol. The summed E-state index contributed by atoms with van der Waals surface area (Å²) in [6, 6.07) is 0. The fraction of sp³-hybridized carbons (Fsp3) is 0.737. The number of likely N-dealkylation sites (N-methyl/N-ethyl adjacent to an activating group) is 1. The van der Waals surface area contributed by atoms with E-state index >= 15 is 0 Å². The van der Waals surface area contributed by atoms with E-state index in [1.54, 1.807) is 13.0 Å². The molecule has 8 nitrogen and oxygen atoms in total. The minimum Gasteiger partial charge on any atom is -0.459 e. The van der Waals surface area contributed by atoms with E-state index in [0.29, 0.717) is 19.5 Å². The number of nitrogens with zero attached hydrogens (tertiary/aromatic N) is 1. The molecule has 0 spiro atoms. The molecule has 0 saturated carbocycles. The Bertz CT molecular complexity index is 628. The number of carbonyl (C=O) groups is 3. The molecule has 2 rings (SSSR count). The van der Waals surface area contributed by atoms with Gasteiger partial charge >= 0.3 is 11.9 Å². The van der Waals surface area contributed by atoms with Gasteiger partial charge < -0.3 is 24.6 Å². The number of aliphatic hydroxyl groups is 2. The van der Waals surface area contributed by atoms with Gasteiger partial charge in [-0.25, -0.2) is 4.79 Å². The van der Waals surface area contributed by atoms with Crippen molar-refractivity contribution in [2.45, 2.75) is 51.4 Å². The van der Waals surface area contributed by atoms with Crippen LogP contribution in [0.25, 0.3) is 0 Å². The van der Waals surface area contributed by atoms with Crippen molar-refractivity contribution in [3.05, 3.63) is 11.6 Å². The molecule has 0 aliphatic carbocycles. The number of ketones is 1. The lowest BCUT2D eigenvalue weighted by Crippen LogP contribution is -2.52. The minimum absolute atomic E-state index is 0.227. The van der Waals surface area contributed by atoms with Crippen LogP contribution in [0.4, 0.5) is 0 Å². The molecule has 0 aromatic carbocycles. The largest absolute Gasteiger partial charge is 0.459 e. The van der Waals surface area contributed by atoms with Crippen molar-refractivity contribution in [3.63, 3.8) is 0 Å². The summed E-state index contributed by atoms with van der Waals surface area (Å²) in [5.41, 5.74) is -1.79. The van der Waals surface area contributed by atoms with E-state index in [2.05, 4.69) is 0 Å². The second kappa shape index (κ2) is 8.50. The molecule has 2 aliphatic heterocycles. The SMILES string of the molecule is CCC1C(=O)OC2CCN(C)CC=C(COC(=O)C(C)(O)C(C)C1O)C2=O. The van der Waals surface area contributed by atoms with Crippen molar-refractivity contribution in [2.24, 2.45) is 11.8 Å². The zero-order chi connectivity index (χ0) is 20.4. The quantitative estimate of drug-likeness (QED) is 0.611. The lowest BCUT2D eigenvalue weighted by atomic mass is 9.79. The van der Waals surface area contributed by atoms with Gasteiger partial charge in [-0.1, -0.05) is 19.9 Å². The van der Waals surface area contributed by atoms with Crippen LogP contribution in [0.15, 0.2) is 11.6 Å². The van der Waals surface area contributed by atoms with Gasteiger partial charge in [-0.3, -0.25) is 9.59 Å². The first-order chi connectivity index (χ1) is 12.6. The molecule has 0 amide bonds. The van der Waals surface area contributed by atoms with E-state index in [9.17, 15) is 24.6 Å². The highest BCUT2D eigenvalue weighted by molar-refractivity contribution is 6.00. The standard InChI is InChI=1S/C19H29NO7/c1-5-13-15(21)11(2)19(3,25)18(24)26-10-12-6-8-20(4)9-7-14(16(12)22)27-17(13)23/h6,11,13-15,21,25H,5,7-10H2,1-4H3. The number of ether oxygens (including phenoxy) is 2. The van der Waals surface area contributed by atoms with Gasteiger partial charge in [0.2, 0.25) is 5.78 Å². The monoisotopic (exact) mass is 383 g/mol. The third kappa shape index (κ3) is 4.56. The molecule has 2 aliphatic rings. The highest BCUT2D eigenvalue weighted by Gasteiger charge is 2.46. The molecule has 1 saturated heterocycles. The Labute approximate surface area is 159 Å². The van der Waals surface area contributed by atoms with Crippen LogP contribution in [0, 0.1) is 11.8 Å². The third-order valence-electron chi connectivity index (χ3n) is 5.62. The smallest absolute Gasteiger partial charge is 0.338 e. The molecule has 2 bridgehead atoms. The van der Waals surface area contributed by atoms with E-state index in [4.69, 9.17) is 9.47 Å². The highest BCUT2D eigenvalue weighted by atomic mass is 16.6. The maximum Gasteiger partial charge on any atom is 0.338 e. The Balaban J connectivity index is 2.45. The molecule has 0 aromatic rings.